The maximum Gasteiger partial charge on any atom is 0.119 e. The summed E-state index contributed by atoms with van der Waals surface area (Å²) in [5, 5.41) is 3.56. The van der Waals surface area contributed by atoms with Gasteiger partial charge in [0.15, 0.2) is 0 Å². The maximum absolute atomic E-state index is 5.50. The van der Waals surface area contributed by atoms with E-state index in [0.717, 1.165) is 18.8 Å². The molecule has 0 radical (unpaired) electrons. The molecule has 1 rings (SSSR count). The van der Waals surface area contributed by atoms with E-state index in [2.05, 4.69) is 44.3 Å². The predicted molar refractivity (Wildman–Crippen MR) is 68.9 cm³/mol. The van der Waals surface area contributed by atoms with Gasteiger partial charge in [-0.15, -0.1) is 0 Å². The van der Waals surface area contributed by atoms with Crippen molar-refractivity contribution in [1.29, 1.82) is 0 Å². The van der Waals surface area contributed by atoms with Crippen molar-refractivity contribution in [1.82, 2.24) is 5.32 Å². The van der Waals surface area contributed by atoms with E-state index in [-0.39, 0.29) is 0 Å². The zero-order valence-corrected chi connectivity index (χ0v) is 10.8. The summed E-state index contributed by atoms with van der Waals surface area (Å²) in [6.07, 6.45) is 1.15. The molecular formula is C14H23NO. The molecule has 16 heavy (non-hydrogen) atoms. The first kappa shape index (κ1) is 13.0. The molecule has 0 heterocycles. The molecule has 1 aromatic carbocycles. The fraction of sp³-hybridized carbons (Fsp3) is 0.571. The summed E-state index contributed by atoms with van der Waals surface area (Å²) in [5.74, 6) is 0.956. The quantitative estimate of drug-likeness (QED) is 0.793. The first-order chi connectivity index (χ1) is 7.67. The van der Waals surface area contributed by atoms with Crippen LogP contribution in [0, 0.1) is 0 Å². The van der Waals surface area contributed by atoms with Gasteiger partial charge in [-0.1, -0.05) is 19.1 Å². The van der Waals surface area contributed by atoms with Crippen molar-refractivity contribution >= 4 is 0 Å². The number of benzene rings is 1. The van der Waals surface area contributed by atoms with E-state index >= 15 is 0 Å². The van der Waals surface area contributed by atoms with E-state index < -0.39 is 0 Å². The van der Waals surface area contributed by atoms with Crippen LogP contribution in [0.5, 0.6) is 5.75 Å². The molecule has 0 aromatic heterocycles. The molecule has 1 N–H and O–H groups in total. The second-order valence-corrected chi connectivity index (χ2v) is 4.20. The molecule has 90 valence electrons. The van der Waals surface area contributed by atoms with Gasteiger partial charge < -0.3 is 10.1 Å². The highest BCUT2D eigenvalue weighted by molar-refractivity contribution is 5.30. The van der Waals surface area contributed by atoms with Crippen molar-refractivity contribution in [3.8, 4) is 5.75 Å². The molecule has 0 bridgehead atoms. The molecule has 0 aliphatic carbocycles. The summed E-state index contributed by atoms with van der Waals surface area (Å²) >= 11 is 0. The summed E-state index contributed by atoms with van der Waals surface area (Å²) < 4.78 is 5.50. The highest BCUT2D eigenvalue weighted by atomic mass is 16.5. The van der Waals surface area contributed by atoms with Crippen molar-refractivity contribution < 1.29 is 4.74 Å². The van der Waals surface area contributed by atoms with E-state index in [0.29, 0.717) is 12.1 Å². The fourth-order valence-corrected chi connectivity index (χ4v) is 1.68. The van der Waals surface area contributed by atoms with Crippen molar-refractivity contribution in [3.05, 3.63) is 29.8 Å². The largest absolute Gasteiger partial charge is 0.494 e. The minimum Gasteiger partial charge on any atom is -0.494 e. The van der Waals surface area contributed by atoms with E-state index in [9.17, 15) is 0 Å². The Morgan fingerprint density at radius 2 is 2.00 bits per heavy atom. The zero-order chi connectivity index (χ0) is 12.0. The third-order valence-electron chi connectivity index (χ3n) is 2.82. The average Bonchev–Trinajstić information content (AvgIpc) is 2.29. The minimum absolute atomic E-state index is 0.371. The summed E-state index contributed by atoms with van der Waals surface area (Å²) in [7, 11) is 0. The van der Waals surface area contributed by atoms with Crippen LogP contribution < -0.4 is 10.1 Å². The smallest absolute Gasteiger partial charge is 0.119 e. The molecular weight excluding hydrogens is 198 g/mol. The molecule has 0 amide bonds. The van der Waals surface area contributed by atoms with Gasteiger partial charge >= 0.3 is 0 Å². The zero-order valence-electron chi connectivity index (χ0n) is 10.8. The lowest BCUT2D eigenvalue weighted by Crippen LogP contribution is -2.28. The molecule has 0 aliphatic heterocycles. The lowest BCUT2D eigenvalue weighted by molar-refractivity contribution is 0.339. The molecule has 0 spiro atoms. The topological polar surface area (TPSA) is 21.3 Å². The van der Waals surface area contributed by atoms with Gasteiger partial charge in [-0.05, 0) is 44.9 Å². The second kappa shape index (κ2) is 6.54. The molecule has 0 fully saturated rings. The summed E-state index contributed by atoms with van der Waals surface area (Å²) in [4.78, 5) is 0. The van der Waals surface area contributed by atoms with Crippen molar-refractivity contribution in [2.45, 2.75) is 46.2 Å². The Kier molecular flexibility index (Phi) is 5.33. The van der Waals surface area contributed by atoms with Gasteiger partial charge in [0.05, 0.1) is 6.61 Å². The van der Waals surface area contributed by atoms with Crippen molar-refractivity contribution in [2.75, 3.05) is 6.61 Å². The fourth-order valence-electron chi connectivity index (χ4n) is 1.68. The van der Waals surface area contributed by atoms with Gasteiger partial charge in [0.25, 0.3) is 0 Å². The Balaban J connectivity index is 2.67. The van der Waals surface area contributed by atoms with Crippen molar-refractivity contribution in [3.63, 3.8) is 0 Å². The molecule has 2 unspecified atom stereocenters. The number of hydrogen-bond acceptors (Lipinski definition) is 2. The van der Waals surface area contributed by atoms with Crippen LogP contribution in [-0.2, 0) is 0 Å². The van der Waals surface area contributed by atoms with Gasteiger partial charge in [-0.2, -0.15) is 0 Å². The van der Waals surface area contributed by atoms with Gasteiger partial charge in [0.2, 0.25) is 0 Å². The molecule has 0 aliphatic rings. The van der Waals surface area contributed by atoms with Crippen LogP contribution in [0.2, 0.25) is 0 Å². The molecule has 2 atom stereocenters. The highest BCUT2D eigenvalue weighted by Gasteiger charge is 2.08. The molecule has 2 heteroatoms. The van der Waals surface area contributed by atoms with Crippen LogP contribution in [0.25, 0.3) is 0 Å². The molecule has 0 saturated carbocycles. The summed E-state index contributed by atoms with van der Waals surface area (Å²) in [6, 6.07) is 9.23. The number of nitrogens with one attached hydrogen (secondary N) is 1. The third-order valence-corrected chi connectivity index (χ3v) is 2.82. The monoisotopic (exact) mass is 221 g/mol. The molecule has 1 aromatic rings. The van der Waals surface area contributed by atoms with Gasteiger partial charge in [0, 0.05) is 12.1 Å². The Hall–Kier alpha value is -1.02. The van der Waals surface area contributed by atoms with Crippen LogP contribution >= 0.6 is 0 Å². The minimum atomic E-state index is 0.371. The van der Waals surface area contributed by atoms with Crippen LogP contribution in [0.3, 0.4) is 0 Å². The Labute approximate surface area is 99.0 Å². The first-order valence-corrected chi connectivity index (χ1v) is 6.16. The molecule has 2 nitrogen and oxygen atoms in total. The van der Waals surface area contributed by atoms with E-state index in [1.54, 1.807) is 0 Å². The van der Waals surface area contributed by atoms with Crippen LogP contribution in [0.4, 0.5) is 0 Å². The SMILES string of the molecule is CCOc1cccc(C(C)NC(C)CC)c1. The van der Waals surface area contributed by atoms with Crippen molar-refractivity contribution in [2.24, 2.45) is 0 Å². The van der Waals surface area contributed by atoms with Crippen LogP contribution in [-0.4, -0.2) is 12.6 Å². The number of rotatable bonds is 6. The van der Waals surface area contributed by atoms with E-state index in [1.165, 1.54) is 5.56 Å². The second-order valence-electron chi connectivity index (χ2n) is 4.20. The standard InChI is InChI=1S/C14H23NO/c1-5-11(3)15-12(4)13-8-7-9-14(10-13)16-6-2/h7-12,15H,5-6H2,1-4H3. The Bertz CT molecular complexity index is 311. The van der Waals surface area contributed by atoms with Gasteiger partial charge in [0.1, 0.15) is 5.75 Å². The Morgan fingerprint density at radius 3 is 2.62 bits per heavy atom. The van der Waals surface area contributed by atoms with Crippen LogP contribution in [0.1, 0.15) is 45.7 Å². The van der Waals surface area contributed by atoms with E-state index in [4.69, 9.17) is 4.74 Å². The highest BCUT2D eigenvalue weighted by Crippen LogP contribution is 2.19. The number of ether oxygens (including phenoxy) is 1. The summed E-state index contributed by atoms with van der Waals surface area (Å²) in [5.41, 5.74) is 1.28. The first-order valence-electron chi connectivity index (χ1n) is 6.16. The lowest BCUT2D eigenvalue weighted by atomic mass is 10.1. The Morgan fingerprint density at radius 1 is 1.25 bits per heavy atom. The van der Waals surface area contributed by atoms with Gasteiger partial charge in [-0.25, -0.2) is 0 Å². The summed E-state index contributed by atoms with van der Waals surface area (Å²) in [6.45, 7) is 9.32. The third kappa shape index (κ3) is 3.86. The molecule has 0 saturated heterocycles. The normalized spacial score (nSPS) is 14.5. The van der Waals surface area contributed by atoms with Gasteiger partial charge in [-0.3, -0.25) is 0 Å². The predicted octanol–water partition coefficient (Wildman–Crippen LogP) is 3.53. The number of hydrogen-bond donors (Lipinski definition) is 1. The lowest BCUT2D eigenvalue weighted by Gasteiger charge is -2.19. The van der Waals surface area contributed by atoms with E-state index in [1.807, 2.05) is 13.0 Å². The maximum atomic E-state index is 5.50. The average molecular weight is 221 g/mol. The van der Waals surface area contributed by atoms with Crippen LogP contribution in [0.15, 0.2) is 24.3 Å².